The zero-order valence-corrected chi connectivity index (χ0v) is 18.2. The average Bonchev–Trinajstić information content (AvgIpc) is 3.25. The highest BCUT2D eigenvalue weighted by molar-refractivity contribution is 5.76. The van der Waals surface area contributed by atoms with Crippen LogP contribution in [0.5, 0.6) is 0 Å². The number of aromatic nitrogens is 2. The van der Waals surface area contributed by atoms with Gasteiger partial charge in [0.25, 0.3) is 0 Å². The van der Waals surface area contributed by atoms with Gasteiger partial charge in [-0.2, -0.15) is 5.10 Å². The highest BCUT2D eigenvalue weighted by Gasteiger charge is 2.13. The second-order valence-corrected chi connectivity index (χ2v) is 7.21. The number of rotatable bonds is 9. The molecule has 0 atom stereocenters. The second-order valence-electron chi connectivity index (χ2n) is 7.21. The Labute approximate surface area is 179 Å². The van der Waals surface area contributed by atoms with Crippen molar-refractivity contribution in [1.29, 1.82) is 0 Å². The Hall–Kier alpha value is -2.83. The quantitative estimate of drug-likeness (QED) is 0.501. The van der Waals surface area contributed by atoms with Crippen LogP contribution in [0.2, 0.25) is 0 Å². The summed E-state index contributed by atoms with van der Waals surface area (Å²) in [7, 11) is 1.92. The van der Waals surface area contributed by atoms with Gasteiger partial charge in [-0.15, -0.1) is 0 Å². The molecule has 1 aromatic carbocycles. The molecular formula is C24H32N4O2. The lowest BCUT2D eigenvalue weighted by molar-refractivity contribution is 0.0282. The van der Waals surface area contributed by atoms with Crippen molar-refractivity contribution in [3.05, 3.63) is 72.3 Å². The Morgan fingerprint density at radius 2 is 2.13 bits per heavy atom. The molecule has 0 aliphatic carbocycles. The summed E-state index contributed by atoms with van der Waals surface area (Å²) in [4.78, 5) is 2.36. The maximum atomic E-state index is 6.16. The number of hydrogen-bond acceptors (Lipinski definition) is 5. The predicted octanol–water partition coefficient (Wildman–Crippen LogP) is 4.04. The molecule has 0 unspecified atom stereocenters. The van der Waals surface area contributed by atoms with E-state index >= 15 is 0 Å². The van der Waals surface area contributed by atoms with Crippen molar-refractivity contribution >= 4 is 11.3 Å². The zero-order valence-electron chi connectivity index (χ0n) is 18.2. The van der Waals surface area contributed by atoms with Gasteiger partial charge in [-0.1, -0.05) is 24.8 Å². The second kappa shape index (κ2) is 10.8. The lowest BCUT2D eigenvalue weighted by atomic mass is 10.1. The first-order valence-corrected chi connectivity index (χ1v) is 10.4. The van der Waals surface area contributed by atoms with Crippen LogP contribution in [0.3, 0.4) is 0 Å². The molecule has 6 heteroatoms. The molecule has 1 N–H and O–H groups in total. The predicted molar refractivity (Wildman–Crippen MR) is 123 cm³/mol. The maximum absolute atomic E-state index is 6.16. The molecule has 1 aliphatic heterocycles. The van der Waals surface area contributed by atoms with Gasteiger partial charge in [0, 0.05) is 49.7 Å². The number of morpholine rings is 1. The van der Waals surface area contributed by atoms with Crippen molar-refractivity contribution in [2.45, 2.75) is 13.8 Å². The molecule has 160 valence electrons. The van der Waals surface area contributed by atoms with Gasteiger partial charge in [0.15, 0.2) is 0 Å². The average molecular weight is 409 g/mol. The molecule has 1 aromatic heterocycles. The number of hydrogen-bond donors (Lipinski definition) is 1. The van der Waals surface area contributed by atoms with E-state index in [9.17, 15) is 0 Å². The van der Waals surface area contributed by atoms with Crippen molar-refractivity contribution in [1.82, 2.24) is 14.7 Å². The highest BCUT2D eigenvalue weighted by atomic mass is 16.5. The summed E-state index contributed by atoms with van der Waals surface area (Å²) < 4.78 is 13.5. The van der Waals surface area contributed by atoms with E-state index < -0.39 is 0 Å². The molecule has 2 heterocycles. The lowest BCUT2D eigenvalue weighted by Crippen LogP contribution is -2.38. The van der Waals surface area contributed by atoms with Gasteiger partial charge >= 0.3 is 0 Å². The third-order valence-corrected chi connectivity index (χ3v) is 5.19. The minimum Gasteiger partial charge on any atom is -0.492 e. The summed E-state index contributed by atoms with van der Waals surface area (Å²) in [6.45, 7) is 13.1. The van der Waals surface area contributed by atoms with Gasteiger partial charge in [-0.05, 0) is 37.6 Å². The van der Waals surface area contributed by atoms with Crippen LogP contribution in [0.4, 0.5) is 5.69 Å². The monoisotopic (exact) mass is 408 g/mol. The highest BCUT2D eigenvalue weighted by Crippen LogP contribution is 2.25. The topological polar surface area (TPSA) is 51.6 Å². The largest absolute Gasteiger partial charge is 0.492 e. The van der Waals surface area contributed by atoms with Crippen molar-refractivity contribution in [3.63, 3.8) is 0 Å². The Morgan fingerprint density at radius 3 is 2.83 bits per heavy atom. The van der Waals surface area contributed by atoms with Gasteiger partial charge in [0.1, 0.15) is 12.4 Å². The van der Waals surface area contributed by atoms with Gasteiger partial charge in [-0.3, -0.25) is 4.90 Å². The minimum absolute atomic E-state index is 0.620. The first kappa shape index (κ1) is 21.9. The smallest absolute Gasteiger partial charge is 0.126 e. The molecule has 3 rings (SSSR count). The minimum atomic E-state index is 0.620. The van der Waals surface area contributed by atoms with E-state index in [2.05, 4.69) is 47.0 Å². The molecule has 0 amide bonds. The molecule has 1 aliphatic rings. The van der Waals surface area contributed by atoms with E-state index in [4.69, 9.17) is 9.47 Å². The van der Waals surface area contributed by atoms with Crippen molar-refractivity contribution < 1.29 is 9.47 Å². The van der Waals surface area contributed by atoms with Gasteiger partial charge < -0.3 is 14.8 Å². The number of allylic oxidation sites excluding steroid dienone is 4. The number of ether oxygens (including phenoxy) is 2. The third kappa shape index (κ3) is 5.40. The number of aryl methyl sites for hydroxylation is 1. The van der Waals surface area contributed by atoms with Crippen molar-refractivity contribution in [3.8, 4) is 5.69 Å². The number of nitrogens with one attached hydrogen (secondary N) is 1. The van der Waals surface area contributed by atoms with Gasteiger partial charge in [0.05, 0.1) is 25.1 Å². The Bertz CT molecular complexity index is 908. The Kier molecular flexibility index (Phi) is 7.88. The SMILES string of the molecule is C=C/C(=C(\C=C/C)OCCN1CCOCC1)c1cnn(-c2cc(NC)ccc2C)c1. The van der Waals surface area contributed by atoms with Crippen LogP contribution in [0.1, 0.15) is 18.1 Å². The molecule has 6 nitrogen and oxygen atoms in total. The fourth-order valence-corrected chi connectivity index (χ4v) is 3.44. The standard InChI is InChI=1S/C24H32N4O2/c1-5-7-24(30-15-12-27-10-13-29-14-11-27)22(6-2)20-17-26-28(18-20)23-16-21(25-4)9-8-19(23)3/h5-9,16-18,25H,2,10-15H2,1,3-4H3/b7-5-,24-22-. The van der Waals surface area contributed by atoms with Gasteiger partial charge in [-0.25, -0.2) is 4.68 Å². The fraction of sp³-hybridized carbons (Fsp3) is 0.375. The molecule has 0 saturated carbocycles. The molecular weight excluding hydrogens is 376 g/mol. The van der Waals surface area contributed by atoms with E-state index in [1.165, 1.54) is 0 Å². The normalized spacial score (nSPS) is 15.8. The lowest BCUT2D eigenvalue weighted by Gasteiger charge is -2.26. The summed E-state index contributed by atoms with van der Waals surface area (Å²) in [5.74, 6) is 0.806. The van der Waals surface area contributed by atoms with Crippen LogP contribution in [0.15, 0.2) is 61.2 Å². The molecule has 1 saturated heterocycles. The number of nitrogens with zero attached hydrogens (tertiary/aromatic N) is 3. The van der Waals surface area contributed by atoms with Gasteiger partial charge in [0.2, 0.25) is 0 Å². The van der Waals surface area contributed by atoms with Crippen molar-refractivity contribution in [2.75, 3.05) is 51.8 Å². The molecule has 1 fully saturated rings. The summed E-state index contributed by atoms with van der Waals surface area (Å²) in [6, 6.07) is 6.24. The van der Waals surface area contributed by atoms with Crippen LogP contribution >= 0.6 is 0 Å². The molecule has 0 bridgehead atoms. The summed E-state index contributed by atoms with van der Waals surface area (Å²) in [5.41, 5.74) is 5.15. The van der Waals surface area contributed by atoms with Crippen LogP contribution in [-0.4, -0.2) is 61.2 Å². The molecule has 2 aromatic rings. The summed E-state index contributed by atoms with van der Waals surface area (Å²) in [6.07, 6.45) is 9.69. The van der Waals surface area contributed by atoms with E-state index in [1.807, 2.05) is 49.3 Å². The zero-order chi connectivity index (χ0) is 21.3. The van der Waals surface area contributed by atoms with E-state index in [-0.39, 0.29) is 0 Å². The molecule has 0 spiro atoms. The van der Waals surface area contributed by atoms with Crippen LogP contribution in [0.25, 0.3) is 11.3 Å². The van der Waals surface area contributed by atoms with Crippen LogP contribution in [0, 0.1) is 6.92 Å². The number of benzene rings is 1. The third-order valence-electron chi connectivity index (χ3n) is 5.19. The van der Waals surface area contributed by atoms with E-state index in [0.717, 1.165) is 66.7 Å². The maximum Gasteiger partial charge on any atom is 0.126 e. The first-order valence-electron chi connectivity index (χ1n) is 10.4. The van der Waals surface area contributed by atoms with Crippen LogP contribution in [-0.2, 0) is 9.47 Å². The first-order chi connectivity index (χ1) is 14.7. The van der Waals surface area contributed by atoms with Crippen molar-refractivity contribution in [2.24, 2.45) is 0 Å². The fourth-order valence-electron chi connectivity index (χ4n) is 3.44. The summed E-state index contributed by atoms with van der Waals surface area (Å²) in [5, 5.41) is 7.78. The van der Waals surface area contributed by atoms with Crippen LogP contribution < -0.4 is 5.32 Å². The van der Waals surface area contributed by atoms with E-state index in [1.54, 1.807) is 0 Å². The Balaban J connectivity index is 1.81. The number of anilines is 1. The Morgan fingerprint density at radius 1 is 1.33 bits per heavy atom. The van der Waals surface area contributed by atoms with E-state index in [0.29, 0.717) is 6.61 Å². The molecule has 0 radical (unpaired) electrons. The molecule has 30 heavy (non-hydrogen) atoms. The summed E-state index contributed by atoms with van der Waals surface area (Å²) >= 11 is 0.